The number of nitrogens with one attached hydrogen (secondary N) is 1. The third-order valence-corrected chi connectivity index (χ3v) is 5.12. The van der Waals surface area contributed by atoms with Gasteiger partial charge in [0.1, 0.15) is 5.00 Å². The van der Waals surface area contributed by atoms with Crippen molar-refractivity contribution >= 4 is 33.8 Å². The van der Waals surface area contributed by atoms with Crippen molar-refractivity contribution < 1.29 is 9.59 Å². The number of piperazine rings is 1. The van der Waals surface area contributed by atoms with Gasteiger partial charge in [-0.15, -0.1) is 11.3 Å². The van der Waals surface area contributed by atoms with E-state index in [0.29, 0.717) is 17.1 Å². The summed E-state index contributed by atoms with van der Waals surface area (Å²) in [5, 5.41) is 5.06. The number of primary amides is 1. The number of aryl methyl sites for hydroxylation is 1. The molecule has 6 nitrogen and oxygen atoms in total. The molecule has 0 saturated carbocycles. The second-order valence-electron chi connectivity index (χ2n) is 6.18. The Morgan fingerprint density at radius 1 is 1.20 bits per heavy atom. The van der Waals surface area contributed by atoms with E-state index in [1.165, 1.54) is 22.6 Å². The zero-order chi connectivity index (χ0) is 17.8. The number of anilines is 2. The van der Waals surface area contributed by atoms with Crippen molar-refractivity contribution in [1.29, 1.82) is 0 Å². The van der Waals surface area contributed by atoms with Crippen molar-refractivity contribution in [3.05, 3.63) is 46.8 Å². The van der Waals surface area contributed by atoms with Crippen LogP contribution in [-0.2, 0) is 4.79 Å². The molecule has 2 amide bonds. The predicted octanol–water partition coefficient (Wildman–Crippen LogP) is 1.92. The van der Waals surface area contributed by atoms with E-state index >= 15 is 0 Å². The highest BCUT2D eigenvalue weighted by molar-refractivity contribution is 7.14. The first-order valence-corrected chi connectivity index (χ1v) is 9.12. The van der Waals surface area contributed by atoms with Gasteiger partial charge >= 0.3 is 0 Å². The lowest BCUT2D eigenvalue weighted by atomic mass is 10.2. The fourth-order valence-electron chi connectivity index (χ4n) is 2.96. The lowest BCUT2D eigenvalue weighted by Gasteiger charge is -2.35. The largest absolute Gasteiger partial charge is 0.369 e. The van der Waals surface area contributed by atoms with Crippen molar-refractivity contribution in [1.82, 2.24) is 4.90 Å². The third kappa shape index (κ3) is 4.37. The number of carbonyl (C=O) groups is 2. The molecule has 25 heavy (non-hydrogen) atoms. The molecule has 132 valence electrons. The number of hydrogen-bond donors (Lipinski definition) is 2. The smallest absolute Gasteiger partial charge is 0.251 e. The van der Waals surface area contributed by atoms with Crippen LogP contribution in [0.4, 0.5) is 10.7 Å². The molecule has 0 spiro atoms. The Hall–Kier alpha value is -2.38. The van der Waals surface area contributed by atoms with Gasteiger partial charge in [0.15, 0.2) is 0 Å². The third-order valence-electron chi connectivity index (χ3n) is 4.29. The van der Waals surface area contributed by atoms with Crippen molar-refractivity contribution in [3.8, 4) is 0 Å². The fraction of sp³-hybridized carbons (Fsp3) is 0.333. The van der Waals surface area contributed by atoms with Gasteiger partial charge in [0.2, 0.25) is 5.91 Å². The lowest BCUT2D eigenvalue weighted by Crippen LogP contribution is -2.48. The number of rotatable bonds is 5. The van der Waals surface area contributed by atoms with E-state index in [2.05, 4.69) is 46.3 Å². The minimum absolute atomic E-state index is 0.117. The molecular weight excluding hydrogens is 336 g/mol. The Balaban J connectivity index is 1.51. The number of hydrogen-bond acceptors (Lipinski definition) is 5. The Labute approximate surface area is 151 Å². The number of thiophene rings is 1. The highest BCUT2D eigenvalue weighted by Crippen LogP contribution is 2.23. The van der Waals surface area contributed by atoms with E-state index in [4.69, 9.17) is 5.73 Å². The standard InChI is InChI=1S/C18H22N4O2S/c1-13-3-2-4-14(11-13)22-8-6-21(7-9-22)12-16(23)20-18-15(17(19)24)5-10-25-18/h2-5,10-11H,6-9,12H2,1H3,(H2,19,24)(H,20,23). The number of carbonyl (C=O) groups excluding carboxylic acids is 2. The summed E-state index contributed by atoms with van der Waals surface area (Å²) in [5.74, 6) is -0.641. The zero-order valence-corrected chi connectivity index (χ0v) is 15.0. The molecule has 1 fully saturated rings. The van der Waals surface area contributed by atoms with Crippen LogP contribution in [0, 0.1) is 6.92 Å². The van der Waals surface area contributed by atoms with Crippen LogP contribution in [0.15, 0.2) is 35.7 Å². The molecule has 2 aromatic rings. The van der Waals surface area contributed by atoms with E-state index < -0.39 is 5.91 Å². The van der Waals surface area contributed by atoms with Gasteiger partial charge in [0, 0.05) is 31.9 Å². The molecule has 3 rings (SSSR count). The number of amides is 2. The monoisotopic (exact) mass is 358 g/mol. The maximum absolute atomic E-state index is 12.2. The van der Waals surface area contributed by atoms with Gasteiger partial charge in [0.25, 0.3) is 5.91 Å². The second kappa shape index (κ2) is 7.67. The summed E-state index contributed by atoms with van der Waals surface area (Å²) in [5.41, 5.74) is 8.15. The summed E-state index contributed by atoms with van der Waals surface area (Å²) in [7, 11) is 0. The Morgan fingerprint density at radius 3 is 2.64 bits per heavy atom. The van der Waals surface area contributed by atoms with Crippen LogP contribution in [0.2, 0.25) is 0 Å². The molecule has 7 heteroatoms. The minimum Gasteiger partial charge on any atom is -0.369 e. The summed E-state index contributed by atoms with van der Waals surface area (Å²) >= 11 is 1.31. The summed E-state index contributed by atoms with van der Waals surface area (Å²) in [6, 6.07) is 10.1. The predicted molar refractivity (Wildman–Crippen MR) is 101 cm³/mol. The molecule has 0 aliphatic carbocycles. The molecule has 3 N–H and O–H groups in total. The molecular formula is C18H22N4O2S. The van der Waals surface area contributed by atoms with Crippen LogP contribution in [-0.4, -0.2) is 49.4 Å². The first kappa shape index (κ1) is 17.4. The Morgan fingerprint density at radius 2 is 1.96 bits per heavy atom. The van der Waals surface area contributed by atoms with Crippen molar-refractivity contribution in [2.24, 2.45) is 5.73 Å². The van der Waals surface area contributed by atoms with Gasteiger partial charge in [-0.3, -0.25) is 14.5 Å². The highest BCUT2D eigenvalue weighted by atomic mass is 32.1. The SMILES string of the molecule is Cc1cccc(N2CCN(CC(=O)Nc3sccc3C(N)=O)CC2)c1. The van der Waals surface area contributed by atoms with Gasteiger partial charge in [-0.25, -0.2) is 0 Å². The molecule has 2 heterocycles. The summed E-state index contributed by atoms with van der Waals surface area (Å²) in [6.07, 6.45) is 0. The first-order valence-electron chi connectivity index (χ1n) is 8.24. The summed E-state index contributed by atoms with van der Waals surface area (Å²) < 4.78 is 0. The first-order chi connectivity index (χ1) is 12.0. The quantitative estimate of drug-likeness (QED) is 0.856. The summed E-state index contributed by atoms with van der Waals surface area (Å²) in [6.45, 7) is 5.85. The lowest BCUT2D eigenvalue weighted by molar-refractivity contribution is -0.117. The summed E-state index contributed by atoms with van der Waals surface area (Å²) in [4.78, 5) is 28.0. The maximum Gasteiger partial charge on any atom is 0.251 e. The number of benzene rings is 1. The van der Waals surface area contributed by atoms with Gasteiger partial charge in [0.05, 0.1) is 12.1 Å². The minimum atomic E-state index is -0.525. The van der Waals surface area contributed by atoms with Crippen LogP contribution in [0.5, 0.6) is 0 Å². The molecule has 1 aromatic heterocycles. The molecule has 1 saturated heterocycles. The van der Waals surface area contributed by atoms with Gasteiger partial charge in [-0.05, 0) is 36.1 Å². The van der Waals surface area contributed by atoms with Crippen LogP contribution in [0.25, 0.3) is 0 Å². The molecule has 0 radical (unpaired) electrons. The molecule has 1 aromatic carbocycles. The average Bonchev–Trinajstić information content (AvgIpc) is 3.04. The molecule has 1 aliphatic heterocycles. The fourth-order valence-corrected chi connectivity index (χ4v) is 3.77. The number of nitrogens with zero attached hydrogens (tertiary/aromatic N) is 2. The van der Waals surface area contributed by atoms with Crippen molar-refractivity contribution in [3.63, 3.8) is 0 Å². The topological polar surface area (TPSA) is 78.7 Å². The van der Waals surface area contributed by atoms with E-state index in [-0.39, 0.29) is 5.91 Å². The van der Waals surface area contributed by atoms with E-state index in [1.807, 2.05) is 0 Å². The van der Waals surface area contributed by atoms with Gasteiger partial charge in [-0.2, -0.15) is 0 Å². The highest BCUT2D eigenvalue weighted by Gasteiger charge is 2.20. The van der Waals surface area contributed by atoms with Gasteiger partial charge in [-0.1, -0.05) is 12.1 Å². The Kier molecular flexibility index (Phi) is 5.35. The molecule has 0 unspecified atom stereocenters. The van der Waals surface area contributed by atoms with Crippen LogP contribution in [0.1, 0.15) is 15.9 Å². The van der Waals surface area contributed by atoms with E-state index in [0.717, 1.165) is 26.2 Å². The van der Waals surface area contributed by atoms with E-state index in [1.54, 1.807) is 11.4 Å². The maximum atomic E-state index is 12.2. The van der Waals surface area contributed by atoms with Crippen molar-refractivity contribution in [2.75, 3.05) is 42.9 Å². The molecule has 0 bridgehead atoms. The van der Waals surface area contributed by atoms with Gasteiger partial charge < -0.3 is 16.0 Å². The van der Waals surface area contributed by atoms with Crippen LogP contribution < -0.4 is 16.0 Å². The average molecular weight is 358 g/mol. The second-order valence-corrected chi connectivity index (χ2v) is 7.09. The number of nitrogens with two attached hydrogens (primary N) is 1. The normalized spacial score (nSPS) is 15.2. The van der Waals surface area contributed by atoms with Crippen LogP contribution in [0.3, 0.4) is 0 Å². The zero-order valence-electron chi connectivity index (χ0n) is 14.2. The molecule has 1 aliphatic rings. The van der Waals surface area contributed by atoms with Crippen LogP contribution >= 0.6 is 11.3 Å². The van der Waals surface area contributed by atoms with Crippen molar-refractivity contribution in [2.45, 2.75) is 6.92 Å². The molecule has 0 atom stereocenters. The Bertz CT molecular complexity index is 766. The van der Waals surface area contributed by atoms with E-state index in [9.17, 15) is 9.59 Å².